The number of carbonyl (C=O) groups excluding carboxylic acids is 2. The lowest BCUT2D eigenvalue weighted by molar-refractivity contribution is 0.0316. The van der Waals surface area contributed by atoms with Crippen molar-refractivity contribution in [1.29, 1.82) is 0 Å². The van der Waals surface area contributed by atoms with E-state index in [9.17, 15) is 19.1 Å². The molecule has 4 nitrogen and oxygen atoms in total. The van der Waals surface area contributed by atoms with E-state index in [0.717, 1.165) is 12.1 Å². The van der Waals surface area contributed by atoms with Gasteiger partial charge in [-0.05, 0) is 49.4 Å². The number of rotatable bonds is 4. The van der Waals surface area contributed by atoms with E-state index in [1.807, 2.05) is 0 Å². The highest BCUT2D eigenvalue weighted by Crippen LogP contribution is 2.23. The van der Waals surface area contributed by atoms with Gasteiger partial charge in [0.1, 0.15) is 17.1 Å². The van der Waals surface area contributed by atoms with Crippen molar-refractivity contribution in [1.82, 2.24) is 0 Å². The first-order chi connectivity index (χ1) is 10.4. The van der Waals surface area contributed by atoms with E-state index >= 15 is 0 Å². The monoisotopic (exact) mass is 322 g/mol. The van der Waals surface area contributed by atoms with Gasteiger partial charge in [-0.2, -0.15) is 0 Å². The van der Waals surface area contributed by atoms with E-state index in [1.165, 1.54) is 37.3 Å². The number of phenolic OH excluding ortho intramolecular Hbond substituents is 1. The standard InChI is InChI=1S/C16H12ClFO4/c1-9(15(20)10-2-5-12(18)6-3-10)22-16(21)13-7-4-11(17)8-14(13)19/h2-9,19H,1H3. The molecule has 0 heterocycles. The third-order valence-electron chi connectivity index (χ3n) is 2.96. The number of halogens is 2. The van der Waals surface area contributed by atoms with Crippen LogP contribution in [0.2, 0.25) is 5.02 Å². The normalized spacial score (nSPS) is 11.8. The molecule has 6 heteroatoms. The Hall–Kier alpha value is -2.40. The van der Waals surface area contributed by atoms with Crippen molar-refractivity contribution in [3.8, 4) is 5.75 Å². The number of ketones is 1. The second-order valence-corrected chi connectivity index (χ2v) is 5.02. The van der Waals surface area contributed by atoms with Gasteiger partial charge in [0.05, 0.1) is 0 Å². The molecular formula is C16H12ClFO4. The van der Waals surface area contributed by atoms with Crippen molar-refractivity contribution in [2.24, 2.45) is 0 Å². The fourth-order valence-electron chi connectivity index (χ4n) is 1.80. The summed E-state index contributed by atoms with van der Waals surface area (Å²) in [5, 5.41) is 9.92. The average Bonchev–Trinajstić information content (AvgIpc) is 2.47. The molecule has 0 bridgehead atoms. The third-order valence-corrected chi connectivity index (χ3v) is 3.20. The Kier molecular flexibility index (Phi) is 4.78. The van der Waals surface area contributed by atoms with Crippen LogP contribution in [0.25, 0.3) is 0 Å². The maximum atomic E-state index is 12.8. The molecule has 2 aromatic rings. The summed E-state index contributed by atoms with van der Waals surface area (Å²) >= 11 is 5.67. The summed E-state index contributed by atoms with van der Waals surface area (Å²) < 4.78 is 17.8. The van der Waals surface area contributed by atoms with Crippen LogP contribution in [0.1, 0.15) is 27.6 Å². The quantitative estimate of drug-likeness (QED) is 0.690. The highest BCUT2D eigenvalue weighted by molar-refractivity contribution is 6.30. The first-order valence-corrected chi connectivity index (χ1v) is 6.75. The average molecular weight is 323 g/mol. The minimum Gasteiger partial charge on any atom is -0.507 e. The largest absolute Gasteiger partial charge is 0.507 e. The van der Waals surface area contributed by atoms with Gasteiger partial charge in [-0.25, -0.2) is 9.18 Å². The van der Waals surface area contributed by atoms with Crippen molar-refractivity contribution in [3.63, 3.8) is 0 Å². The summed E-state index contributed by atoms with van der Waals surface area (Å²) in [6, 6.07) is 8.83. The number of Topliss-reactive ketones (excluding diaryl/α,β-unsaturated/α-hetero) is 1. The molecule has 2 aromatic carbocycles. The van der Waals surface area contributed by atoms with Gasteiger partial charge in [-0.15, -0.1) is 0 Å². The topological polar surface area (TPSA) is 63.6 Å². The van der Waals surface area contributed by atoms with Crippen molar-refractivity contribution >= 4 is 23.4 Å². The van der Waals surface area contributed by atoms with Crippen LogP contribution in [0, 0.1) is 5.82 Å². The molecule has 0 amide bonds. The Bertz CT molecular complexity index is 713. The lowest BCUT2D eigenvalue weighted by Gasteiger charge is -2.13. The van der Waals surface area contributed by atoms with Crippen LogP contribution in [-0.4, -0.2) is 23.0 Å². The number of ether oxygens (including phenoxy) is 1. The number of hydrogen-bond acceptors (Lipinski definition) is 4. The van der Waals surface area contributed by atoms with Gasteiger partial charge in [0.25, 0.3) is 0 Å². The van der Waals surface area contributed by atoms with Crippen molar-refractivity contribution < 1.29 is 23.8 Å². The van der Waals surface area contributed by atoms with Gasteiger partial charge in [-0.1, -0.05) is 11.6 Å². The van der Waals surface area contributed by atoms with Gasteiger partial charge in [0.2, 0.25) is 5.78 Å². The second kappa shape index (κ2) is 6.58. The third kappa shape index (κ3) is 3.62. The molecule has 0 fully saturated rings. The highest BCUT2D eigenvalue weighted by Gasteiger charge is 2.22. The Morgan fingerprint density at radius 1 is 1.18 bits per heavy atom. The van der Waals surface area contributed by atoms with Crippen LogP contribution >= 0.6 is 11.6 Å². The minimum atomic E-state index is -1.08. The van der Waals surface area contributed by atoms with Crippen LogP contribution in [0.15, 0.2) is 42.5 Å². The lowest BCUT2D eigenvalue weighted by atomic mass is 10.1. The predicted molar refractivity (Wildman–Crippen MR) is 78.7 cm³/mol. The summed E-state index contributed by atoms with van der Waals surface area (Å²) in [5.41, 5.74) is 0.130. The molecule has 0 spiro atoms. The molecule has 2 rings (SSSR count). The van der Waals surface area contributed by atoms with Crippen molar-refractivity contribution in [3.05, 3.63) is 64.4 Å². The molecule has 1 N–H and O–H groups in total. The summed E-state index contributed by atoms with van der Waals surface area (Å²) in [6.45, 7) is 1.40. The molecule has 0 aliphatic rings. The molecule has 22 heavy (non-hydrogen) atoms. The molecule has 0 radical (unpaired) electrons. The molecule has 114 valence electrons. The van der Waals surface area contributed by atoms with E-state index in [2.05, 4.69) is 0 Å². The lowest BCUT2D eigenvalue weighted by Crippen LogP contribution is -2.24. The zero-order valence-electron chi connectivity index (χ0n) is 11.5. The van der Waals surface area contributed by atoms with Gasteiger partial charge < -0.3 is 9.84 Å². The first kappa shape index (κ1) is 16.0. The Morgan fingerprint density at radius 3 is 2.41 bits per heavy atom. The fraction of sp³-hybridized carbons (Fsp3) is 0.125. The SMILES string of the molecule is CC(OC(=O)c1ccc(Cl)cc1O)C(=O)c1ccc(F)cc1. The molecule has 1 atom stereocenters. The summed E-state index contributed by atoms with van der Waals surface area (Å²) in [5.74, 6) is -2.12. The van der Waals surface area contributed by atoms with Gasteiger partial charge in [-0.3, -0.25) is 4.79 Å². The molecule has 0 aromatic heterocycles. The Morgan fingerprint density at radius 2 is 1.82 bits per heavy atom. The molecule has 0 saturated heterocycles. The molecular weight excluding hydrogens is 311 g/mol. The smallest absolute Gasteiger partial charge is 0.342 e. The first-order valence-electron chi connectivity index (χ1n) is 6.38. The fourth-order valence-corrected chi connectivity index (χ4v) is 1.97. The van der Waals surface area contributed by atoms with Crippen LogP contribution in [-0.2, 0) is 4.74 Å². The van der Waals surface area contributed by atoms with E-state index in [4.69, 9.17) is 16.3 Å². The van der Waals surface area contributed by atoms with E-state index in [1.54, 1.807) is 0 Å². The number of esters is 1. The summed E-state index contributed by atoms with van der Waals surface area (Å²) in [7, 11) is 0. The number of carbonyl (C=O) groups is 2. The Balaban J connectivity index is 2.10. The molecule has 0 saturated carbocycles. The predicted octanol–water partition coefficient (Wildman–Crippen LogP) is 3.61. The van der Waals surface area contributed by atoms with Crippen LogP contribution in [0.5, 0.6) is 5.75 Å². The van der Waals surface area contributed by atoms with Gasteiger partial charge in [0, 0.05) is 10.6 Å². The number of benzene rings is 2. The van der Waals surface area contributed by atoms with Crippen molar-refractivity contribution in [2.75, 3.05) is 0 Å². The second-order valence-electron chi connectivity index (χ2n) is 4.58. The summed E-state index contributed by atoms with van der Waals surface area (Å²) in [4.78, 5) is 24.0. The number of aromatic hydroxyl groups is 1. The maximum absolute atomic E-state index is 12.8. The van der Waals surface area contributed by atoms with E-state index < -0.39 is 23.7 Å². The van der Waals surface area contributed by atoms with Crippen molar-refractivity contribution in [2.45, 2.75) is 13.0 Å². The molecule has 0 aliphatic heterocycles. The zero-order chi connectivity index (χ0) is 16.3. The molecule has 0 aliphatic carbocycles. The maximum Gasteiger partial charge on any atom is 0.342 e. The van der Waals surface area contributed by atoms with E-state index in [0.29, 0.717) is 0 Å². The number of hydrogen-bond donors (Lipinski definition) is 1. The highest BCUT2D eigenvalue weighted by atomic mass is 35.5. The zero-order valence-corrected chi connectivity index (χ0v) is 12.3. The van der Waals surface area contributed by atoms with Crippen LogP contribution in [0.3, 0.4) is 0 Å². The minimum absolute atomic E-state index is 0.0943. The Labute approximate surface area is 131 Å². The molecule has 1 unspecified atom stereocenters. The summed E-state index contributed by atoms with van der Waals surface area (Å²) in [6.07, 6.45) is -1.08. The number of phenols is 1. The van der Waals surface area contributed by atoms with E-state index in [-0.39, 0.29) is 21.9 Å². The van der Waals surface area contributed by atoms with Gasteiger partial charge >= 0.3 is 5.97 Å². The van der Waals surface area contributed by atoms with Crippen LogP contribution < -0.4 is 0 Å². The van der Waals surface area contributed by atoms with Crippen LogP contribution in [0.4, 0.5) is 4.39 Å². The van der Waals surface area contributed by atoms with Gasteiger partial charge in [0.15, 0.2) is 6.10 Å².